The Morgan fingerprint density at radius 2 is 1.88 bits per heavy atom. The summed E-state index contributed by atoms with van der Waals surface area (Å²) in [5.41, 5.74) is 1.67. The quantitative estimate of drug-likeness (QED) is 0.878. The topological polar surface area (TPSA) is 59.4 Å². The van der Waals surface area contributed by atoms with Crippen LogP contribution in [0.4, 0.5) is 0 Å². The Labute approximate surface area is 98.5 Å². The number of aromatic nitrogens is 1. The predicted octanol–water partition coefficient (Wildman–Crippen LogP) is 2.46. The molecule has 0 bridgehead atoms. The standard InChI is InChI=1S/C13H11NO3/c1-17-12-8-10(7-11(14-12)13(15)16)9-5-3-2-4-6-9/h2-8H,1H3,(H,15,16). The molecule has 1 heterocycles. The largest absolute Gasteiger partial charge is 0.481 e. The number of benzene rings is 1. The van der Waals surface area contributed by atoms with E-state index in [1.807, 2.05) is 30.3 Å². The molecule has 0 spiro atoms. The van der Waals surface area contributed by atoms with Gasteiger partial charge in [0.15, 0.2) is 5.69 Å². The number of hydrogen-bond acceptors (Lipinski definition) is 3. The summed E-state index contributed by atoms with van der Waals surface area (Å²) in [6.45, 7) is 0. The molecule has 1 N–H and O–H groups in total. The van der Waals surface area contributed by atoms with Crippen molar-refractivity contribution in [2.75, 3.05) is 7.11 Å². The summed E-state index contributed by atoms with van der Waals surface area (Å²) in [6.07, 6.45) is 0. The SMILES string of the molecule is COc1cc(-c2ccccc2)cc(C(=O)O)n1. The molecule has 0 unspecified atom stereocenters. The van der Waals surface area contributed by atoms with Crippen molar-refractivity contribution in [3.8, 4) is 17.0 Å². The van der Waals surface area contributed by atoms with E-state index in [0.717, 1.165) is 11.1 Å². The molecule has 0 radical (unpaired) electrons. The third-order valence-corrected chi connectivity index (χ3v) is 2.34. The molecule has 0 aliphatic heterocycles. The van der Waals surface area contributed by atoms with E-state index in [0.29, 0.717) is 5.88 Å². The molecule has 0 fully saturated rings. The van der Waals surface area contributed by atoms with Gasteiger partial charge in [0.05, 0.1) is 7.11 Å². The van der Waals surface area contributed by atoms with Crippen molar-refractivity contribution in [3.05, 3.63) is 48.2 Å². The van der Waals surface area contributed by atoms with E-state index in [2.05, 4.69) is 4.98 Å². The molecule has 0 aliphatic rings. The van der Waals surface area contributed by atoms with Gasteiger partial charge in [-0.25, -0.2) is 9.78 Å². The van der Waals surface area contributed by atoms with Gasteiger partial charge in [-0.3, -0.25) is 0 Å². The van der Waals surface area contributed by atoms with Crippen molar-refractivity contribution in [1.82, 2.24) is 4.98 Å². The maximum atomic E-state index is 10.9. The first-order valence-electron chi connectivity index (χ1n) is 5.05. The first kappa shape index (κ1) is 11.1. The summed E-state index contributed by atoms with van der Waals surface area (Å²) in [7, 11) is 1.46. The van der Waals surface area contributed by atoms with Gasteiger partial charge in [-0.1, -0.05) is 30.3 Å². The molecule has 0 saturated carbocycles. The number of carboxylic acids is 1. The van der Waals surface area contributed by atoms with Crippen molar-refractivity contribution in [1.29, 1.82) is 0 Å². The van der Waals surface area contributed by atoms with E-state index in [4.69, 9.17) is 9.84 Å². The maximum absolute atomic E-state index is 10.9. The molecular formula is C13H11NO3. The van der Waals surface area contributed by atoms with Crippen LogP contribution in [0.5, 0.6) is 5.88 Å². The highest BCUT2D eigenvalue weighted by Gasteiger charge is 2.10. The van der Waals surface area contributed by atoms with Crippen molar-refractivity contribution in [2.24, 2.45) is 0 Å². The smallest absolute Gasteiger partial charge is 0.354 e. The van der Waals surface area contributed by atoms with Crippen molar-refractivity contribution >= 4 is 5.97 Å². The van der Waals surface area contributed by atoms with Crippen LogP contribution in [0.25, 0.3) is 11.1 Å². The fraction of sp³-hybridized carbons (Fsp3) is 0.0769. The Balaban J connectivity index is 2.54. The number of nitrogens with zero attached hydrogens (tertiary/aromatic N) is 1. The molecular weight excluding hydrogens is 218 g/mol. The Kier molecular flexibility index (Phi) is 3.05. The second-order valence-electron chi connectivity index (χ2n) is 3.45. The van der Waals surface area contributed by atoms with Crippen molar-refractivity contribution < 1.29 is 14.6 Å². The van der Waals surface area contributed by atoms with Gasteiger partial charge in [-0.05, 0) is 17.2 Å². The van der Waals surface area contributed by atoms with E-state index >= 15 is 0 Å². The highest BCUT2D eigenvalue weighted by molar-refractivity contribution is 5.87. The van der Waals surface area contributed by atoms with Crippen LogP contribution >= 0.6 is 0 Å². The van der Waals surface area contributed by atoms with Crippen molar-refractivity contribution in [3.63, 3.8) is 0 Å². The summed E-state index contributed by atoms with van der Waals surface area (Å²) in [5.74, 6) is -0.773. The lowest BCUT2D eigenvalue weighted by Gasteiger charge is -2.06. The Morgan fingerprint density at radius 1 is 1.18 bits per heavy atom. The maximum Gasteiger partial charge on any atom is 0.354 e. The van der Waals surface area contributed by atoms with E-state index < -0.39 is 5.97 Å². The third-order valence-electron chi connectivity index (χ3n) is 2.34. The molecule has 0 atom stereocenters. The van der Waals surface area contributed by atoms with Crippen LogP contribution in [0.1, 0.15) is 10.5 Å². The molecule has 0 saturated heterocycles. The first-order chi connectivity index (χ1) is 8.20. The van der Waals surface area contributed by atoms with Crippen LogP contribution < -0.4 is 4.74 Å². The molecule has 2 aromatic rings. The molecule has 17 heavy (non-hydrogen) atoms. The van der Waals surface area contributed by atoms with Gasteiger partial charge in [-0.15, -0.1) is 0 Å². The lowest BCUT2D eigenvalue weighted by atomic mass is 10.1. The fourth-order valence-corrected chi connectivity index (χ4v) is 1.52. The monoisotopic (exact) mass is 229 g/mol. The second-order valence-corrected chi connectivity index (χ2v) is 3.45. The summed E-state index contributed by atoms with van der Waals surface area (Å²) < 4.78 is 4.99. The van der Waals surface area contributed by atoms with Crippen molar-refractivity contribution in [2.45, 2.75) is 0 Å². The minimum absolute atomic E-state index is 0.0248. The van der Waals surface area contributed by atoms with Gasteiger partial charge in [0.2, 0.25) is 5.88 Å². The number of carbonyl (C=O) groups is 1. The number of aromatic carboxylic acids is 1. The Bertz CT molecular complexity index is 538. The summed E-state index contributed by atoms with van der Waals surface area (Å²) >= 11 is 0. The Hall–Kier alpha value is -2.36. The average molecular weight is 229 g/mol. The fourth-order valence-electron chi connectivity index (χ4n) is 1.52. The van der Waals surface area contributed by atoms with Gasteiger partial charge < -0.3 is 9.84 Å². The van der Waals surface area contributed by atoms with Crippen LogP contribution in [-0.4, -0.2) is 23.2 Å². The van der Waals surface area contributed by atoms with Crippen LogP contribution in [0.2, 0.25) is 0 Å². The van der Waals surface area contributed by atoms with E-state index in [1.54, 1.807) is 6.07 Å². The minimum atomic E-state index is -1.07. The zero-order valence-corrected chi connectivity index (χ0v) is 9.25. The highest BCUT2D eigenvalue weighted by Crippen LogP contribution is 2.23. The van der Waals surface area contributed by atoms with Crippen LogP contribution in [0.15, 0.2) is 42.5 Å². The number of methoxy groups -OCH3 is 1. The molecule has 2 rings (SSSR count). The highest BCUT2D eigenvalue weighted by atomic mass is 16.5. The molecule has 86 valence electrons. The van der Waals surface area contributed by atoms with Crippen LogP contribution in [0, 0.1) is 0 Å². The van der Waals surface area contributed by atoms with Gasteiger partial charge in [0.25, 0.3) is 0 Å². The van der Waals surface area contributed by atoms with Crippen LogP contribution in [0.3, 0.4) is 0 Å². The van der Waals surface area contributed by atoms with E-state index in [9.17, 15) is 4.79 Å². The molecule has 0 amide bonds. The minimum Gasteiger partial charge on any atom is -0.481 e. The average Bonchev–Trinajstić information content (AvgIpc) is 2.39. The lowest BCUT2D eigenvalue weighted by molar-refractivity contribution is 0.0689. The number of pyridine rings is 1. The normalized spacial score (nSPS) is 9.94. The molecule has 4 nitrogen and oxygen atoms in total. The van der Waals surface area contributed by atoms with Gasteiger partial charge in [0.1, 0.15) is 0 Å². The van der Waals surface area contributed by atoms with Gasteiger partial charge >= 0.3 is 5.97 Å². The summed E-state index contributed by atoms with van der Waals surface area (Å²) in [5, 5.41) is 8.96. The van der Waals surface area contributed by atoms with Gasteiger partial charge in [0, 0.05) is 6.07 Å². The summed E-state index contributed by atoms with van der Waals surface area (Å²) in [6, 6.07) is 12.7. The molecule has 1 aromatic carbocycles. The zero-order valence-electron chi connectivity index (χ0n) is 9.25. The second kappa shape index (κ2) is 4.65. The first-order valence-corrected chi connectivity index (χ1v) is 5.05. The Morgan fingerprint density at radius 3 is 2.47 bits per heavy atom. The number of rotatable bonds is 3. The molecule has 1 aromatic heterocycles. The van der Waals surface area contributed by atoms with E-state index in [1.165, 1.54) is 13.2 Å². The molecule has 4 heteroatoms. The van der Waals surface area contributed by atoms with E-state index in [-0.39, 0.29) is 5.69 Å². The lowest BCUT2D eigenvalue weighted by Crippen LogP contribution is -2.02. The predicted molar refractivity (Wildman–Crippen MR) is 63.2 cm³/mol. The number of carboxylic acid groups (broad SMARTS) is 1. The molecule has 0 aliphatic carbocycles. The number of ether oxygens (including phenoxy) is 1. The third kappa shape index (κ3) is 2.42. The summed E-state index contributed by atoms with van der Waals surface area (Å²) in [4.78, 5) is 14.8. The van der Waals surface area contributed by atoms with Gasteiger partial charge in [-0.2, -0.15) is 0 Å². The van der Waals surface area contributed by atoms with Crippen LogP contribution in [-0.2, 0) is 0 Å². The zero-order chi connectivity index (χ0) is 12.3. The number of hydrogen-bond donors (Lipinski definition) is 1.